The van der Waals surface area contributed by atoms with Crippen LogP contribution >= 0.6 is 0 Å². The van der Waals surface area contributed by atoms with E-state index >= 15 is 0 Å². The van der Waals surface area contributed by atoms with Gasteiger partial charge >= 0.3 is 0 Å². The van der Waals surface area contributed by atoms with Gasteiger partial charge in [0.2, 0.25) is 11.7 Å². The maximum absolute atomic E-state index is 12.8. The Hall–Kier alpha value is -3.48. The van der Waals surface area contributed by atoms with E-state index in [0.717, 1.165) is 16.8 Å². The second-order valence-corrected chi connectivity index (χ2v) is 6.83. The lowest BCUT2D eigenvalue weighted by atomic mass is 10.2. The summed E-state index contributed by atoms with van der Waals surface area (Å²) in [7, 11) is 4.87. The molecule has 0 bridgehead atoms. The molecule has 0 aliphatic carbocycles. The number of carbonyl (C=O) groups is 2. The number of rotatable bonds is 5. The summed E-state index contributed by atoms with van der Waals surface area (Å²) in [5.41, 5.74) is 2.74. The van der Waals surface area contributed by atoms with Crippen molar-refractivity contribution < 1.29 is 9.59 Å². The van der Waals surface area contributed by atoms with Crippen LogP contribution in [0.15, 0.2) is 54.6 Å². The first-order chi connectivity index (χ1) is 13.4. The molecule has 1 aromatic heterocycles. The summed E-state index contributed by atoms with van der Waals surface area (Å²) < 4.78 is 1.66. The molecule has 1 heterocycles. The van der Waals surface area contributed by atoms with Gasteiger partial charge in [0.1, 0.15) is 0 Å². The summed E-state index contributed by atoms with van der Waals surface area (Å²) in [4.78, 5) is 32.0. The average Bonchev–Trinajstić information content (AvgIpc) is 3.13. The van der Waals surface area contributed by atoms with E-state index in [-0.39, 0.29) is 18.3 Å². The van der Waals surface area contributed by atoms with Crippen molar-refractivity contribution in [2.24, 2.45) is 0 Å². The van der Waals surface area contributed by atoms with Crippen LogP contribution < -0.4 is 0 Å². The zero-order chi connectivity index (χ0) is 20.3. The van der Waals surface area contributed by atoms with Crippen molar-refractivity contribution in [2.75, 3.05) is 27.7 Å². The molecule has 3 rings (SSSR count). The van der Waals surface area contributed by atoms with Crippen molar-refractivity contribution in [1.29, 1.82) is 0 Å². The Balaban J connectivity index is 2.02. The molecule has 0 radical (unpaired) electrons. The molecule has 3 aromatic rings. The number of amides is 2. The first-order valence-electron chi connectivity index (χ1n) is 8.92. The Morgan fingerprint density at radius 2 is 1.71 bits per heavy atom. The van der Waals surface area contributed by atoms with Crippen molar-refractivity contribution in [1.82, 2.24) is 24.6 Å². The maximum Gasteiger partial charge on any atom is 0.293 e. The molecule has 0 spiro atoms. The molecule has 0 saturated heterocycles. The number of aryl methyl sites for hydroxylation is 1. The molecule has 0 atom stereocenters. The minimum atomic E-state index is -0.404. The molecule has 0 aliphatic rings. The predicted octanol–water partition coefficient (Wildman–Crippen LogP) is 2.40. The third kappa shape index (κ3) is 4.09. The molecular weight excluding hydrogens is 354 g/mol. The topological polar surface area (TPSA) is 71.3 Å². The fraction of sp³-hybridized carbons (Fsp3) is 0.238. The Labute approximate surface area is 164 Å². The lowest BCUT2D eigenvalue weighted by Gasteiger charge is -2.17. The molecule has 0 aliphatic heterocycles. The van der Waals surface area contributed by atoms with Crippen LogP contribution in [0.3, 0.4) is 0 Å². The fourth-order valence-electron chi connectivity index (χ4n) is 2.70. The van der Waals surface area contributed by atoms with E-state index in [1.807, 2.05) is 61.5 Å². The fourth-order valence-corrected chi connectivity index (χ4v) is 2.70. The Morgan fingerprint density at radius 3 is 2.36 bits per heavy atom. The highest BCUT2D eigenvalue weighted by atomic mass is 16.2. The standard InChI is InChI=1S/C21H23N5O2/c1-15-9-8-12-17(13-15)26-20(16-10-6-5-7-11-16)22-19(23-26)21(28)25(4)14-18(27)24(2)3/h5-13H,14H2,1-4H3. The quantitative estimate of drug-likeness (QED) is 0.685. The van der Waals surface area contributed by atoms with Crippen LogP contribution in [0.4, 0.5) is 0 Å². The molecule has 2 aromatic carbocycles. The monoisotopic (exact) mass is 377 g/mol. The molecule has 0 saturated carbocycles. The highest BCUT2D eigenvalue weighted by Crippen LogP contribution is 2.22. The van der Waals surface area contributed by atoms with Crippen molar-refractivity contribution in [3.8, 4) is 17.1 Å². The van der Waals surface area contributed by atoms with Crippen LogP contribution in [0.5, 0.6) is 0 Å². The molecule has 7 heteroatoms. The van der Waals surface area contributed by atoms with Gasteiger partial charge in [-0.1, -0.05) is 42.5 Å². The van der Waals surface area contributed by atoms with E-state index in [9.17, 15) is 9.59 Å². The average molecular weight is 377 g/mol. The zero-order valence-electron chi connectivity index (χ0n) is 16.5. The van der Waals surface area contributed by atoms with Crippen molar-refractivity contribution >= 4 is 11.8 Å². The molecule has 0 fully saturated rings. The molecule has 2 amide bonds. The molecule has 7 nitrogen and oxygen atoms in total. The van der Waals surface area contributed by atoms with Crippen LogP contribution in [0.1, 0.15) is 16.2 Å². The maximum atomic E-state index is 12.8. The van der Waals surface area contributed by atoms with Crippen LogP contribution in [0.25, 0.3) is 17.1 Å². The Bertz CT molecular complexity index is 995. The zero-order valence-corrected chi connectivity index (χ0v) is 16.5. The van der Waals surface area contributed by atoms with Crippen LogP contribution in [-0.2, 0) is 4.79 Å². The van der Waals surface area contributed by atoms with Gasteiger partial charge in [-0.15, -0.1) is 5.10 Å². The second-order valence-electron chi connectivity index (χ2n) is 6.83. The second kappa shape index (κ2) is 8.04. The smallest absolute Gasteiger partial charge is 0.293 e. The van der Waals surface area contributed by atoms with Gasteiger partial charge in [0.15, 0.2) is 5.82 Å². The van der Waals surface area contributed by atoms with E-state index in [1.165, 1.54) is 9.80 Å². The van der Waals surface area contributed by atoms with Crippen LogP contribution in [0, 0.1) is 6.92 Å². The van der Waals surface area contributed by atoms with E-state index in [2.05, 4.69) is 10.1 Å². The largest absolute Gasteiger partial charge is 0.347 e. The number of benzene rings is 2. The number of carbonyl (C=O) groups excluding carboxylic acids is 2. The highest BCUT2D eigenvalue weighted by Gasteiger charge is 2.23. The first kappa shape index (κ1) is 19.3. The molecule has 0 unspecified atom stereocenters. The van der Waals surface area contributed by atoms with Crippen molar-refractivity contribution in [3.63, 3.8) is 0 Å². The minimum Gasteiger partial charge on any atom is -0.347 e. The van der Waals surface area contributed by atoms with Gasteiger partial charge in [0.25, 0.3) is 5.91 Å². The lowest BCUT2D eigenvalue weighted by molar-refractivity contribution is -0.129. The molecule has 0 N–H and O–H groups in total. The normalized spacial score (nSPS) is 10.6. The Morgan fingerprint density at radius 1 is 1.00 bits per heavy atom. The number of aromatic nitrogens is 3. The lowest BCUT2D eigenvalue weighted by Crippen LogP contribution is -2.38. The third-order valence-electron chi connectivity index (χ3n) is 4.29. The number of likely N-dealkylation sites (N-methyl/N-ethyl adjacent to an activating group) is 2. The molecular formula is C21H23N5O2. The van der Waals surface area contributed by atoms with Gasteiger partial charge in [0.05, 0.1) is 12.2 Å². The summed E-state index contributed by atoms with van der Waals surface area (Å²) in [6, 6.07) is 17.4. The minimum absolute atomic E-state index is 0.0362. The molecule has 28 heavy (non-hydrogen) atoms. The van der Waals surface area contributed by atoms with Crippen LogP contribution in [-0.4, -0.2) is 64.1 Å². The summed E-state index contributed by atoms with van der Waals surface area (Å²) in [6.07, 6.45) is 0. The van der Waals surface area contributed by atoms with E-state index in [4.69, 9.17) is 0 Å². The summed E-state index contributed by atoms with van der Waals surface area (Å²) in [5.74, 6) is 0.0485. The number of hydrogen-bond acceptors (Lipinski definition) is 4. The van der Waals surface area contributed by atoms with E-state index in [1.54, 1.807) is 25.8 Å². The van der Waals surface area contributed by atoms with Gasteiger partial charge in [-0.2, -0.15) is 0 Å². The Kier molecular flexibility index (Phi) is 5.54. The predicted molar refractivity (Wildman–Crippen MR) is 107 cm³/mol. The van der Waals surface area contributed by atoms with Crippen molar-refractivity contribution in [2.45, 2.75) is 6.92 Å². The van der Waals surface area contributed by atoms with Gasteiger partial charge in [-0.25, -0.2) is 9.67 Å². The van der Waals surface area contributed by atoms with Crippen molar-refractivity contribution in [3.05, 3.63) is 66.0 Å². The molecule has 144 valence electrons. The SMILES string of the molecule is Cc1cccc(-n2nc(C(=O)N(C)CC(=O)N(C)C)nc2-c2ccccc2)c1. The summed E-state index contributed by atoms with van der Waals surface area (Å²) >= 11 is 0. The number of nitrogens with zero attached hydrogens (tertiary/aromatic N) is 5. The van der Waals surface area contributed by atoms with E-state index in [0.29, 0.717) is 5.82 Å². The summed E-state index contributed by atoms with van der Waals surface area (Å²) in [6.45, 7) is 1.96. The first-order valence-corrected chi connectivity index (χ1v) is 8.92. The van der Waals surface area contributed by atoms with Gasteiger partial charge in [-0.3, -0.25) is 9.59 Å². The third-order valence-corrected chi connectivity index (χ3v) is 4.29. The van der Waals surface area contributed by atoms with Gasteiger partial charge in [-0.05, 0) is 24.6 Å². The van der Waals surface area contributed by atoms with Gasteiger partial charge in [0, 0.05) is 26.7 Å². The van der Waals surface area contributed by atoms with Gasteiger partial charge < -0.3 is 9.80 Å². The highest BCUT2D eigenvalue weighted by molar-refractivity contribution is 5.93. The summed E-state index contributed by atoms with van der Waals surface area (Å²) in [5, 5.41) is 4.46. The van der Waals surface area contributed by atoms with E-state index < -0.39 is 5.91 Å². The van der Waals surface area contributed by atoms with Crippen LogP contribution in [0.2, 0.25) is 0 Å². The number of hydrogen-bond donors (Lipinski definition) is 0.